The van der Waals surface area contributed by atoms with Gasteiger partial charge in [0.25, 0.3) is 0 Å². The molecular weight excluding hydrogens is 248 g/mol. The molecule has 1 saturated heterocycles. The molecule has 1 aliphatic rings. The van der Waals surface area contributed by atoms with E-state index >= 15 is 0 Å². The maximum absolute atomic E-state index is 5.64. The van der Waals surface area contributed by atoms with Crippen LogP contribution in [0.2, 0.25) is 0 Å². The Morgan fingerprint density at radius 3 is 2.70 bits per heavy atom. The van der Waals surface area contributed by atoms with E-state index in [4.69, 9.17) is 4.74 Å². The minimum atomic E-state index is 0.611. The summed E-state index contributed by atoms with van der Waals surface area (Å²) in [5, 5.41) is 3.62. The number of rotatable bonds is 6. The molecule has 1 N–H and O–H groups in total. The Hall–Kier alpha value is -1.22. The van der Waals surface area contributed by atoms with Crippen molar-refractivity contribution in [3.8, 4) is 5.75 Å². The molecule has 112 valence electrons. The first kappa shape index (κ1) is 15.2. The quantitative estimate of drug-likeness (QED) is 0.863. The van der Waals surface area contributed by atoms with Crippen LogP contribution in [0.4, 0.5) is 5.69 Å². The van der Waals surface area contributed by atoms with Gasteiger partial charge in [-0.2, -0.15) is 0 Å². The highest BCUT2D eigenvalue weighted by molar-refractivity contribution is 5.49. The van der Waals surface area contributed by atoms with Crippen LogP contribution in [0, 0.1) is 5.92 Å². The summed E-state index contributed by atoms with van der Waals surface area (Å²) >= 11 is 0. The van der Waals surface area contributed by atoms with Crippen molar-refractivity contribution in [1.82, 2.24) is 5.32 Å². The van der Waals surface area contributed by atoms with Crippen molar-refractivity contribution >= 4 is 5.69 Å². The van der Waals surface area contributed by atoms with Crippen molar-refractivity contribution in [3.63, 3.8) is 0 Å². The second-order valence-corrected chi connectivity index (χ2v) is 6.07. The van der Waals surface area contributed by atoms with Gasteiger partial charge in [-0.1, -0.05) is 20.8 Å². The minimum absolute atomic E-state index is 0.611. The lowest BCUT2D eigenvalue weighted by Gasteiger charge is -2.36. The summed E-state index contributed by atoms with van der Waals surface area (Å²) in [4.78, 5) is 2.48. The van der Waals surface area contributed by atoms with Crippen LogP contribution >= 0.6 is 0 Å². The molecule has 3 nitrogen and oxygen atoms in total. The van der Waals surface area contributed by atoms with E-state index in [1.807, 2.05) is 0 Å². The number of anilines is 1. The summed E-state index contributed by atoms with van der Waals surface area (Å²) in [5.74, 6) is 1.72. The van der Waals surface area contributed by atoms with E-state index in [-0.39, 0.29) is 0 Å². The van der Waals surface area contributed by atoms with Crippen LogP contribution in [-0.4, -0.2) is 32.3 Å². The Balaban J connectivity index is 1.93. The lowest BCUT2D eigenvalue weighted by atomic mass is 10.0. The molecule has 0 spiro atoms. The molecule has 1 atom stereocenters. The fourth-order valence-electron chi connectivity index (χ4n) is 2.76. The zero-order valence-electron chi connectivity index (χ0n) is 13.1. The second-order valence-electron chi connectivity index (χ2n) is 6.07. The fourth-order valence-corrected chi connectivity index (χ4v) is 2.76. The zero-order chi connectivity index (χ0) is 14.4. The van der Waals surface area contributed by atoms with Gasteiger partial charge < -0.3 is 15.0 Å². The molecule has 1 fully saturated rings. The van der Waals surface area contributed by atoms with Crippen molar-refractivity contribution in [1.29, 1.82) is 0 Å². The Kier molecular flexibility index (Phi) is 5.72. The van der Waals surface area contributed by atoms with E-state index in [1.54, 1.807) is 0 Å². The summed E-state index contributed by atoms with van der Waals surface area (Å²) in [6.45, 7) is 10.8. The molecule has 0 aromatic heterocycles. The zero-order valence-corrected chi connectivity index (χ0v) is 13.1. The summed E-state index contributed by atoms with van der Waals surface area (Å²) in [5.41, 5.74) is 1.31. The Bertz CT molecular complexity index is 388. The maximum Gasteiger partial charge on any atom is 0.119 e. The second kappa shape index (κ2) is 7.53. The topological polar surface area (TPSA) is 24.5 Å². The normalized spacial score (nSPS) is 19.4. The van der Waals surface area contributed by atoms with Crippen LogP contribution in [0.15, 0.2) is 24.3 Å². The largest absolute Gasteiger partial charge is 0.494 e. The fraction of sp³-hybridized carbons (Fsp3) is 0.647. The minimum Gasteiger partial charge on any atom is -0.494 e. The average molecular weight is 276 g/mol. The summed E-state index contributed by atoms with van der Waals surface area (Å²) in [6, 6.07) is 9.15. The SMILES string of the molecule is CCCOc1ccc(N2CCNC(CC(C)C)C2)cc1. The van der Waals surface area contributed by atoms with Crippen molar-refractivity contribution in [2.75, 3.05) is 31.1 Å². The first-order valence-corrected chi connectivity index (χ1v) is 7.90. The smallest absolute Gasteiger partial charge is 0.119 e. The first-order valence-electron chi connectivity index (χ1n) is 7.90. The third-order valence-electron chi connectivity index (χ3n) is 3.69. The molecule has 1 aliphatic heterocycles. The number of piperazine rings is 1. The summed E-state index contributed by atoms with van der Waals surface area (Å²) < 4.78 is 5.64. The van der Waals surface area contributed by atoms with Gasteiger partial charge in [0.15, 0.2) is 0 Å². The van der Waals surface area contributed by atoms with Crippen LogP contribution in [0.25, 0.3) is 0 Å². The van der Waals surface area contributed by atoms with E-state index in [9.17, 15) is 0 Å². The molecule has 3 heteroatoms. The lowest BCUT2D eigenvalue weighted by Crippen LogP contribution is -2.51. The highest BCUT2D eigenvalue weighted by Gasteiger charge is 2.20. The van der Waals surface area contributed by atoms with E-state index in [2.05, 4.69) is 55.3 Å². The summed E-state index contributed by atoms with van der Waals surface area (Å²) in [6.07, 6.45) is 2.30. The van der Waals surface area contributed by atoms with Gasteiger partial charge in [-0.05, 0) is 43.0 Å². The third kappa shape index (κ3) is 4.41. The Morgan fingerprint density at radius 1 is 1.30 bits per heavy atom. The Morgan fingerprint density at radius 2 is 2.05 bits per heavy atom. The lowest BCUT2D eigenvalue weighted by molar-refractivity contribution is 0.317. The number of benzene rings is 1. The van der Waals surface area contributed by atoms with E-state index in [0.717, 1.165) is 44.3 Å². The molecule has 0 bridgehead atoms. The van der Waals surface area contributed by atoms with E-state index in [1.165, 1.54) is 12.1 Å². The molecule has 0 saturated carbocycles. The number of nitrogens with one attached hydrogen (secondary N) is 1. The number of nitrogens with zero attached hydrogens (tertiary/aromatic N) is 1. The van der Waals surface area contributed by atoms with Gasteiger partial charge in [-0.25, -0.2) is 0 Å². The van der Waals surface area contributed by atoms with Crippen LogP contribution < -0.4 is 15.0 Å². The summed E-state index contributed by atoms with van der Waals surface area (Å²) in [7, 11) is 0. The molecule has 0 radical (unpaired) electrons. The van der Waals surface area contributed by atoms with Gasteiger partial charge >= 0.3 is 0 Å². The number of hydrogen-bond acceptors (Lipinski definition) is 3. The molecule has 1 aromatic rings. The molecule has 2 rings (SSSR count). The van der Waals surface area contributed by atoms with Crippen molar-refractivity contribution in [2.45, 2.75) is 39.7 Å². The molecule has 1 heterocycles. The molecule has 0 amide bonds. The Labute approximate surface area is 123 Å². The van der Waals surface area contributed by atoms with Crippen LogP contribution in [0.1, 0.15) is 33.6 Å². The van der Waals surface area contributed by atoms with Gasteiger partial charge in [-0.3, -0.25) is 0 Å². The molecule has 1 unspecified atom stereocenters. The van der Waals surface area contributed by atoms with Gasteiger partial charge in [0, 0.05) is 31.4 Å². The van der Waals surface area contributed by atoms with Gasteiger partial charge in [0.1, 0.15) is 5.75 Å². The predicted molar refractivity (Wildman–Crippen MR) is 85.7 cm³/mol. The molecule has 1 aromatic carbocycles. The van der Waals surface area contributed by atoms with Gasteiger partial charge in [-0.15, -0.1) is 0 Å². The van der Waals surface area contributed by atoms with Crippen molar-refractivity contribution in [2.24, 2.45) is 5.92 Å². The molecule has 20 heavy (non-hydrogen) atoms. The molecular formula is C17H28N2O. The van der Waals surface area contributed by atoms with Gasteiger partial charge in [0.05, 0.1) is 6.61 Å². The van der Waals surface area contributed by atoms with Crippen LogP contribution in [-0.2, 0) is 0 Å². The standard InChI is InChI=1S/C17H28N2O/c1-4-11-20-17-7-5-16(6-8-17)19-10-9-18-15(13-19)12-14(2)3/h5-8,14-15,18H,4,9-13H2,1-3H3. The van der Waals surface area contributed by atoms with Gasteiger partial charge in [0.2, 0.25) is 0 Å². The monoisotopic (exact) mass is 276 g/mol. The van der Waals surface area contributed by atoms with E-state index < -0.39 is 0 Å². The average Bonchev–Trinajstić information content (AvgIpc) is 2.45. The van der Waals surface area contributed by atoms with Crippen LogP contribution in [0.3, 0.4) is 0 Å². The van der Waals surface area contributed by atoms with Crippen molar-refractivity contribution < 1.29 is 4.74 Å². The highest BCUT2D eigenvalue weighted by atomic mass is 16.5. The highest BCUT2D eigenvalue weighted by Crippen LogP contribution is 2.21. The van der Waals surface area contributed by atoms with Crippen molar-refractivity contribution in [3.05, 3.63) is 24.3 Å². The molecule has 0 aliphatic carbocycles. The third-order valence-corrected chi connectivity index (χ3v) is 3.69. The number of hydrogen-bond donors (Lipinski definition) is 1. The number of ether oxygens (including phenoxy) is 1. The predicted octanol–water partition coefficient (Wildman–Crippen LogP) is 3.30. The first-order chi connectivity index (χ1) is 9.69. The van der Waals surface area contributed by atoms with Crippen LogP contribution in [0.5, 0.6) is 5.75 Å². The van der Waals surface area contributed by atoms with E-state index in [0.29, 0.717) is 6.04 Å². The maximum atomic E-state index is 5.64.